The van der Waals surface area contributed by atoms with E-state index < -0.39 is 0 Å². The number of fused-ring (bicyclic) bond motifs is 1. The van der Waals surface area contributed by atoms with E-state index in [0.29, 0.717) is 28.3 Å². The Kier molecular flexibility index (Phi) is 3.77. The second kappa shape index (κ2) is 5.73. The van der Waals surface area contributed by atoms with Crippen LogP contribution in [0, 0.1) is 0 Å². The summed E-state index contributed by atoms with van der Waals surface area (Å²) in [5.74, 6) is 1.61. The van der Waals surface area contributed by atoms with Gasteiger partial charge in [-0.3, -0.25) is 4.79 Å². The highest BCUT2D eigenvalue weighted by Gasteiger charge is 2.15. The highest BCUT2D eigenvalue weighted by Crippen LogP contribution is 2.41. The van der Waals surface area contributed by atoms with E-state index in [-0.39, 0.29) is 5.56 Å². The number of pyridine rings is 1. The summed E-state index contributed by atoms with van der Waals surface area (Å²) in [4.78, 5) is 15.0. The zero-order chi connectivity index (χ0) is 15.7. The second-order valence-electron chi connectivity index (χ2n) is 4.62. The molecule has 1 aromatic carbocycles. The fourth-order valence-corrected chi connectivity index (χ4v) is 3.19. The smallest absolute Gasteiger partial charge is 0.257 e. The predicted octanol–water partition coefficient (Wildman–Crippen LogP) is 3.28. The molecule has 0 radical (unpaired) electrons. The molecule has 5 nitrogen and oxygen atoms in total. The van der Waals surface area contributed by atoms with Crippen molar-refractivity contribution in [3.8, 4) is 28.5 Å². The number of aromatic amines is 1. The van der Waals surface area contributed by atoms with Gasteiger partial charge in [-0.1, -0.05) is 0 Å². The molecule has 2 heterocycles. The Balaban J connectivity index is 2.23. The molecule has 0 fully saturated rings. The number of benzene rings is 1. The lowest BCUT2D eigenvalue weighted by Gasteiger charge is -2.14. The fraction of sp³-hybridized carbons (Fsp3) is 0.188. The van der Waals surface area contributed by atoms with Crippen LogP contribution in [-0.2, 0) is 0 Å². The summed E-state index contributed by atoms with van der Waals surface area (Å²) in [7, 11) is 4.68. The SMILES string of the molecule is COc1cc(-c2cc3sccc3c(=O)[nH]2)cc(OC)c1OC. The molecule has 0 aliphatic carbocycles. The fourth-order valence-electron chi connectivity index (χ4n) is 2.37. The Morgan fingerprint density at radius 2 is 1.68 bits per heavy atom. The number of nitrogens with one attached hydrogen (secondary N) is 1. The number of ether oxygens (including phenoxy) is 3. The summed E-state index contributed by atoms with van der Waals surface area (Å²) in [5.41, 5.74) is 1.39. The molecule has 3 aromatic rings. The Morgan fingerprint density at radius 1 is 1.00 bits per heavy atom. The molecule has 0 saturated heterocycles. The number of hydrogen-bond acceptors (Lipinski definition) is 5. The van der Waals surface area contributed by atoms with E-state index in [1.165, 1.54) is 11.3 Å². The minimum Gasteiger partial charge on any atom is -0.493 e. The molecular formula is C16H15NO4S. The van der Waals surface area contributed by atoms with Crippen LogP contribution in [0.2, 0.25) is 0 Å². The van der Waals surface area contributed by atoms with Crippen LogP contribution < -0.4 is 19.8 Å². The molecule has 0 aliphatic rings. The third-order valence-electron chi connectivity index (χ3n) is 3.44. The molecule has 2 aromatic heterocycles. The van der Waals surface area contributed by atoms with Crippen LogP contribution in [-0.4, -0.2) is 26.3 Å². The van der Waals surface area contributed by atoms with Crippen LogP contribution in [0.1, 0.15) is 0 Å². The summed E-state index contributed by atoms with van der Waals surface area (Å²) in [6.45, 7) is 0. The topological polar surface area (TPSA) is 60.6 Å². The summed E-state index contributed by atoms with van der Waals surface area (Å²) in [6.07, 6.45) is 0. The van der Waals surface area contributed by atoms with Gasteiger partial charge in [0.25, 0.3) is 5.56 Å². The Hall–Kier alpha value is -2.47. The summed E-state index contributed by atoms with van der Waals surface area (Å²) < 4.78 is 16.9. The van der Waals surface area contributed by atoms with Crippen molar-refractivity contribution < 1.29 is 14.2 Å². The van der Waals surface area contributed by atoms with Gasteiger partial charge in [-0.25, -0.2) is 0 Å². The van der Waals surface area contributed by atoms with Gasteiger partial charge in [-0.2, -0.15) is 0 Å². The number of rotatable bonds is 4. The number of hydrogen-bond donors (Lipinski definition) is 1. The largest absolute Gasteiger partial charge is 0.493 e. The average molecular weight is 317 g/mol. The van der Waals surface area contributed by atoms with Crippen molar-refractivity contribution in [2.45, 2.75) is 0 Å². The van der Waals surface area contributed by atoms with Crippen molar-refractivity contribution in [3.05, 3.63) is 40.0 Å². The van der Waals surface area contributed by atoms with Gasteiger partial charge in [0.05, 0.1) is 26.7 Å². The first-order valence-corrected chi connectivity index (χ1v) is 7.46. The average Bonchev–Trinajstić information content (AvgIpc) is 3.02. The summed E-state index contributed by atoms with van der Waals surface area (Å²) in [5, 5.41) is 2.60. The Bertz CT molecular complexity index is 856. The number of thiophene rings is 1. The Labute approximate surface area is 131 Å². The van der Waals surface area contributed by atoms with Crippen LogP contribution in [0.4, 0.5) is 0 Å². The summed E-state index contributed by atoms with van der Waals surface area (Å²) >= 11 is 1.53. The van der Waals surface area contributed by atoms with E-state index in [4.69, 9.17) is 14.2 Å². The van der Waals surface area contributed by atoms with Gasteiger partial charge < -0.3 is 19.2 Å². The minimum absolute atomic E-state index is 0.109. The maximum atomic E-state index is 12.1. The van der Waals surface area contributed by atoms with E-state index in [9.17, 15) is 4.79 Å². The molecule has 22 heavy (non-hydrogen) atoms. The lowest BCUT2D eigenvalue weighted by Crippen LogP contribution is -2.06. The number of methoxy groups -OCH3 is 3. The molecular weight excluding hydrogens is 302 g/mol. The molecule has 1 N–H and O–H groups in total. The van der Waals surface area contributed by atoms with Gasteiger partial charge in [-0.15, -0.1) is 11.3 Å². The van der Waals surface area contributed by atoms with E-state index in [1.807, 2.05) is 29.6 Å². The van der Waals surface area contributed by atoms with E-state index in [2.05, 4.69) is 4.98 Å². The van der Waals surface area contributed by atoms with Gasteiger partial charge >= 0.3 is 0 Å². The Morgan fingerprint density at radius 3 is 2.27 bits per heavy atom. The van der Waals surface area contributed by atoms with Crippen LogP contribution in [0.25, 0.3) is 21.3 Å². The van der Waals surface area contributed by atoms with Crippen molar-refractivity contribution in [2.75, 3.05) is 21.3 Å². The standard InChI is InChI=1S/C16H15NO4S/c1-19-12-6-9(7-13(20-2)15(12)21-3)11-8-14-10(4-5-22-14)16(18)17-11/h4-8H,1-3H3,(H,17,18). The van der Waals surface area contributed by atoms with Crippen molar-refractivity contribution >= 4 is 21.4 Å². The minimum atomic E-state index is -0.109. The molecule has 0 saturated carbocycles. The van der Waals surface area contributed by atoms with E-state index in [0.717, 1.165) is 10.3 Å². The first-order valence-electron chi connectivity index (χ1n) is 6.59. The molecule has 0 atom stereocenters. The normalized spacial score (nSPS) is 10.7. The molecule has 6 heteroatoms. The molecule has 0 spiro atoms. The van der Waals surface area contributed by atoms with Crippen molar-refractivity contribution in [1.82, 2.24) is 4.98 Å². The molecule has 0 bridgehead atoms. The van der Waals surface area contributed by atoms with E-state index in [1.54, 1.807) is 21.3 Å². The van der Waals surface area contributed by atoms with Crippen LogP contribution in [0.5, 0.6) is 17.2 Å². The highest BCUT2D eigenvalue weighted by atomic mass is 32.1. The lowest BCUT2D eigenvalue weighted by atomic mass is 10.1. The van der Waals surface area contributed by atoms with Crippen molar-refractivity contribution in [3.63, 3.8) is 0 Å². The quantitative estimate of drug-likeness (QED) is 0.802. The first kappa shape index (κ1) is 14.5. The van der Waals surface area contributed by atoms with Gasteiger partial charge in [0, 0.05) is 16.0 Å². The van der Waals surface area contributed by atoms with E-state index >= 15 is 0 Å². The molecule has 0 amide bonds. The third-order valence-corrected chi connectivity index (χ3v) is 4.30. The molecule has 114 valence electrons. The lowest BCUT2D eigenvalue weighted by molar-refractivity contribution is 0.324. The highest BCUT2D eigenvalue weighted by molar-refractivity contribution is 7.17. The number of H-pyrrole nitrogens is 1. The van der Waals surface area contributed by atoms with Gasteiger partial charge in [0.1, 0.15) is 0 Å². The van der Waals surface area contributed by atoms with Crippen LogP contribution in [0.15, 0.2) is 34.4 Å². The van der Waals surface area contributed by atoms with Gasteiger partial charge in [0.15, 0.2) is 11.5 Å². The summed E-state index contributed by atoms with van der Waals surface area (Å²) in [6, 6.07) is 7.39. The van der Waals surface area contributed by atoms with Crippen molar-refractivity contribution in [2.24, 2.45) is 0 Å². The van der Waals surface area contributed by atoms with Gasteiger partial charge in [-0.05, 0) is 29.6 Å². The second-order valence-corrected chi connectivity index (χ2v) is 5.57. The number of aromatic nitrogens is 1. The van der Waals surface area contributed by atoms with Crippen molar-refractivity contribution in [1.29, 1.82) is 0 Å². The molecule has 0 unspecified atom stereocenters. The predicted molar refractivity (Wildman–Crippen MR) is 87.5 cm³/mol. The third kappa shape index (κ3) is 2.31. The zero-order valence-electron chi connectivity index (χ0n) is 12.4. The van der Waals surface area contributed by atoms with Gasteiger partial charge in [0.2, 0.25) is 5.75 Å². The monoisotopic (exact) mass is 317 g/mol. The molecule has 0 aliphatic heterocycles. The maximum Gasteiger partial charge on any atom is 0.257 e. The van der Waals surface area contributed by atoms with Crippen LogP contribution in [0.3, 0.4) is 0 Å². The zero-order valence-corrected chi connectivity index (χ0v) is 13.2. The van der Waals surface area contributed by atoms with Crippen LogP contribution >= 0.6 is 11.3 Å². The molecule has 3 rings (SSSR count). The maximum absolute atomic E-state index is 12.1. The first-order chi connectivity index (χ1) is 10.7.